The molecule has 1 N–H and O–H groups in total. The second-order valence-corrected chi connectivity index (χ2v) is 6.40. The number of anilines is 1. The maximum Gasteiger partial charge on any atom is 0.145 e. The van der Waals surface area contributed by atoms with Gasteiger partial charge in [0.25, 0.3) is 0 Å². The Balaban J connectivity index is 1.97. The van der Waals surface area contributed by atoms with Crippen LogP contribution < -0.4 is 10.2 Å². The molecule has 1 atom stereocenters. The fourth-order valence-corrected chi connectivity index (χ4v) is 2.99. The van der Waals surface area contributed by atoms with Gasteiger partial charge in [-0.2, -0.15) is 0 Å². The van der Waals surface area contributed by atoms with Gasteiger partial charge in [0.2, 0.25) is 0 Å². The van der Waals surface area contributed by atoms with Crippen LogP contribution in [0.1, 0.15) is 26.7 Å². The first-order chi connectivity index (χ1) is 8.68. The van der Waals surface area contributed by atoms with Crippen LogP contribution in [0.5, 0.6) is 0 Å². The normalized spacial score (nSPS) is 19.8. The zero-order valence-electron chi connectivity index (χ0n) is 11.1. The molecule has 0 bridgehead atoms. The summed E-state index contributed by atoms with van der Waals surface area (Å²) in [5.74, 6) is 1.80. The molecule has 0 radical (unpaired) electrons. The zero-order valence-corrected chi connectivity index (χ0v) is 13.2. The summed E-state index contributed by atoms with van der Waals surface area (Å²) in [6.45, 7) is 7.74. The quantitative estimate of drug-likeness (QED) is 0.819. The van der Waals surface area contributed by atoms with Gasteiger partial charge < -0.3 is 10.2 Å². The molecule has 100 valence electrons. The Hall–Kier alpha value is -0.430. The summed E-state index contributed by atoms with van der Waals surface area (Å²) in [7, 11) is 0. The fourth-order valence-electron chi connectivity index (χ4n) is 2.38. The standard InChI is InChI=1S/C13H21IN4/c1-10(2)6-15-7-11-4-3-5-18(11)13-12(14)8-16-9-17-13/h8-11,15H,3-7H2,1-2H3. The highest BCUT2D eigenvalue weighted by Gasteiger charge is 2.26. The van der Waals surface area contributed by atoms with Crippen LogP contribution in [0.2, 0.25) is 0 Å². The van der Waals surface area contributed by atoms with Crippen molar-refractivity contribution in [3.8, 4) is 0 Å². The first-order valence-corrected chi connectivity index (χ1v) is 7.69. The van der Waals surface area contributed by atoms with Crippen LogP contribution in [0.25, 0.3) is 0 Å². The minimum atomic E-state index is 0.576. The number of halogens is 1. The summed E-state index contributed by atoms with van der Waals surface area (Å²) in [6.07, 6.45) is 6.05. The van der Waals surface area contributed by atoms with Crippen molar-refractivity contribution in [3.63, 3.8) is 0 Å². The maximum atomic E-state index is 4.43. The number of hydrogen-bond acceptors (Lipinski definition) is 4. The molecule has 1 saturated heterocycles. The van der Waals surface area contributed by atoms with E-state index in [1.54, 1.807) is 6.33 Å². The van der Waals surface area contributed by atoms with Crippen molar-refractivity contribution >= 4 is 28.4 Å². The predicted octanol–water partition coefficient (Wildman–Crippen LogP) is 2.30. The molecular weight excluding hydrogens is 339 g/mol. The maximum absolute atomic E-state index is 4.43. The molecule has 2 rings (SSSR count). The van der Waals surface area contributed by atoms with E-state index in [9.17, 15) is 0 Å². The molecule has 0 aliphatic carbocycles. The Morgan fingerprint density at radius 3 is 3.11 bits per heavy atom. The Kier molecular flexibility index (Phi) is 5.17. The van der Waals surface area contributed by atoms with Gasteiger partial charge in [-0.15, -0.1) is 0 Å². The SMILES string of the molecule is CC(C)CNCC1CCCN1c1ncncc1I. The van der Waals surface area contributed by atoms with Crippen molar-refractivity contribution < 1.29 is 0 Å². The monoisotopic (exact) mass is 360 g/mol. The molecule has 1 aromatic heterocycles. The van der Waals surface area contributed by atoms with E-state index in [-0.39, 0.29) is 0 Å². The number of nitrogens with zero attached hydrogens (tertiary/aromatic N) is 3. The lowest BCUT2D eigenvalue weighted by Crippen LogP contribution is -2.39. The highest BCUT2D eigenvalue weighted by molar-refractivity contribution is 14.1. The third-order valence-electron chi connectivity index (χ3n) is 3.23. The Morgan fingerprint density at radius 2 is 2.39 bits per heavy atom. The molecule has 0 amide bonds. The van der Waals surface area contributed by atoms with Gasteiger partial charge in [0.15, 0.2) is 0 Å². The predicted molar refractivity (Wildman–Crippen MR) is 82.8 cm³/mol. The van der Waals surface area contributed by atoms with Crippen molar-refractivity contribution in [1.82, 2.24) is 15.3 Å². The minimum Gasteiger partial charge on any atom is -0.351 e. The van der Waals surface area contributed by atoms with Crippen molar-refractivity contribution in [2.45, 2.75) is 32.7 Å². The lowest BCUT2D eigenvalue weighted by atomic mass is 10.2. The van der Waals surface area contributed by atoms with E-state index < -0.39 is 0 Å². The number of aromatic nitrogens is 2. The molecule has 4 nitrogen and oxygen atoms in total. The topological polar surface area (TPSA) is 41.0 Å². The van der Waals surface area contributed by atoms with Gasteiger partial charge in [-0.05, 0) is 47.9 Å². The van der Waals surface area contributed by atoms with Crippen LogP contribution in [0, 0.1) is 9.49 Å². The van der Waals surface area contributed by atoms with E-state index >= 15 is 0 Å². The van der Waals surface area contributed by atoms with Crippen LogP contribution in [-0.4, -0.2) is 35.6 Å². The van der Waals surface area contributed by atoms with Crippen LogP contribution in [0.15, 0.2) is 12.5 Å². The first-order valence-electron chi connectivity index (χ1n) is 6.61. The first kappa shape index (κ1) is 14.0. The molecule has 5 heteroatoms. The van der Waals surface area contributed by atoms with Crippen LogP contribution in [0.3, 0.4) is 0 Å². The second-order valence-electron chi connectivity index (χ2n) is 5.24. The molecule has 1 unspecified atom stereocenters. The number of hydrogen-bond donors (Lipinski definition) is 1. The summed E-state index contributed by atoms with van der Waals surface area (Å²) >= 11 is 2.32. The number of nitrogens with one attached hydrogen (secondary N) is 1. The summed E-state index contributed by atoms with van der Waals surface area (Å²) < 4.78 is 1.14. The van der Waals surface area contributed by atoms with E-state index in [4.69, 9.17) is 0 Å². The van der Waals surface area contributed by atoms with Crippen molar-refractivity contribution in [3.05, 3.63) is 16.1 Å². The average molecular weight is 360 g/mol. The van der Waals surface area contributed by atoms with Gasteiger partial charge >= 0.3 is 0 Å². The van der Waals surface area contributed by atoms with Crippen LogP contribution in [-0.2, 0) is 0 Å². The Labute approximate surface area is 123 Å². The molecule has 2 heterocycles. The van der Waals surface area contributed by atoms with Crippen LogP contribution in [0.4, 0.5) is 5.82 Å². The zero-order chi connectivity index (χ0) is 13.0. The summed E-state index contributed by atoms with van der Waals surface area (Å²) in [5.41, 5.74) is 0. The van der Waals surface area contributed by atoms with Gasteiger partial charge in [-0.3, -0.25) is 0 Å². The summed E-state index contributed by atoms with van der Waals surface area (Å²) in [4.78, 5) is 10.9. The lowest BCUT2D eigenvalue weighted by molar-refractivity contribution is 0.511. The molecule has 1 aromatic rings. The van der Waals surface area contributed by atoms with E-state index in [1.807, 2.05) is 6.20 Å². The van der Waals surface area contributed by atoms with Crippen molar-refractivity contribution in [2.24, 2.45) is 5.92 Å². The Morgan fingerprint density at radius 1 is 1.56 bits per heavy atom. The molecule has 0 saturated carbocycles. The molecular formula is C13H21IN4. The van der Waals surface area contributed by atoms with Crippen molar-refractivity contribution in [1.29, 1.82) is 0 Å². The van der Waals surface area contributed by atoms with E-state index in [0.717, 1.165) is 29.0 Å². The highest BCUT2D eigenvalue weighted by atomic mass is 127. The summed E-state index contributed by atoms with van der Waals surface area (Å²) in [5, 5.41) is 3.56. The minimum absolute atomic E-state index is 0.576. The molecule has 1 fully saturated rings. The van der Waals surface area contributed by atoms with Crippen molar-refractivity contribution in [2.75, 3.05) is 24.5 Å². The molecule has 0 aromatic carbocycles. The fraction of sp³-hybridized carbons (Fsp3) is 0.692. The van der Waals surface area contributed by atoms with E-state index in [1.165, 1.54) is 12.8 Å². The average Bonchev–Trinajstić information content (AvgIpc) is 2.77. The van der Waals surface area contributed by atoms with Gasteiger partial charge in [0.05, 0.1) is 3.57 Å². The van der Waals surface area contributed by atoms with E-state index in [0.29, 0.717) is 12.0 Å². The lowest BCUT2D eigenvalue weighted by Gasteiger charge is -2.27. The molecule has 18 heavy (non-hydrogen) atoms. The Bertz CT molecular complexity index is 383. The highest BCUT2D eigenvalue weighted by Crippen LogP contribution is 2.26. The van der Waals surface area contributed by atoms with E-state index in [2.05, 4.69) is 56.6 Å². The van der Waals surface area contributed by atoms with Gasteiger partial charge in [0.1, 0.15) is 12.1 Å². The number of rotatable bonds is 5. The largest absolute Gasteiger partial charge is 0.351 e. The second kappa shape index (κ2) is 6.65. The molecule has 1 aliphatic heterocycles. The third-order valence-corrected chi connectivity index (χ3v) is 3.99. The van der Waals surface area contributed by atoms with Gasteiger partial charge in [-0.25, -0.2) is 9.97 Å². The van der Waals surface area contributed by atoms with Gasteiger partial charge in [-0.1, -0.05) is 13.8 Å². The van der Waals surface area contributed by atoms with Crippen LogP contribution >= 0.6 is 22.6 Å². The summed E-state index contributed by atoms with van der Waals surface area (Å²) in [6, 6.07) is 0.576. The molecule has 1 aliphatic rings. The third kappa shape index (κ3) is 3.54. The smallest absolute Gasteiger partial charge is 0.145 e. The molecule has 0 spiro atoms. The van der Waals surface area contributed by atoms with Gasteiger partial charge in [0, 0.05) is 25.3 Å².